The first-order chi connectivity index (χ1) is 12.1. The van der Waals surface area contributed by atoms with Gasteiger partial charge in [0.25, 0.3) is 5.91 Å². The van der Waals surface area contributed by atoms with Crippen molar-refractivity contribution < 1.29 is 9.53 Å². The fraction of sp³-hybridized carbons (Fsp3) is 0.353. The first kappa shape index (κ1) is 17.4. The van der Waals surface area contributed by atoms with Crippen LogP contribution < -0.4 is 10.1 Å². The van der Waals surface area contributed by atoms with E-state index in [4.69, 9.17) is 16.3 Å². The Morgan fingerprint density at radius 3 is 2.56 bits per heavy atom. The molecule has 0 unspecified atom stereocenters. The molecule has 1 aliphatic rings. The van der Waals surface area contributed by atoms with Gasteiger partial charge in [-0.05, 0) is 37.4 Å². The second-order valence-electron chi connectivity index (χ2n) is 5.87. The van der Waals surface area contributed by atoms with Crippen LogP contribution in [-0.4, -0.2) is 66.2 Å². The van der Waals surface area contributed by atoms with Crippen LogP contribution >= 0.6 is 11.6 Å². The van der Waals surface area contributed by atoms with E-state index in [9.17, 15) is 4.79 Å². The summed E-state index contributed by atoms with van der Waals surface area (Å²) in [6.07, 6.45) is 0. The SMILES string of the molecule is COc1ccc(Cl)cc1Nc1ccc(C(=O)N2CCN(C)CC2)nn1. The quantitative estimate of drug-likeness (QED) is 0.900. The zero-order valence-electron chi connectivity index (χ0n) is 14.2. The van der Waals surface area contributed by atoms with Crippen LogP contribution in [0.15, 0.2) is 30.3 Å². The number of likely N-dealkylation sites (N-methyl/N-ethyl adjacent to an activating group) is 1. The van der Waals surface area contributed by atoms with Gasteiger partial charge >= 0.3 is 0 Å². The highest BCUT2D eigenvalue weighted by molar-refractivity contribution is 6.31. The summed E-state index contributed by atoms with van der Waals surface area (Å²) in [5.41, 5.74) is 1.02. The average molecular weight is 362 g/mol. The van der Waals surface area contributed by atoms with E-state index in [0.29, 0.717) is 41.1 Å². The summed E-state index contributed by atoms with van der Waals surface area (Å²) >= 11 is 6.02. The van der Waals surface area contributed by atoms with Gasteiger partial charge in [0.05, 0.1) is 12.8 Å². The van der Waals surface area contributed by atoms with Crippen LogP contribution in [0.5, 0.6) is 5.75 Å². The van der Waals surface area contributed by atoms with E-state index >= 15 is 0 Å². The van der Waals surface area contributed by atoms with Gasteiger partial charge in [-0.2, -0.15) is 0 Å². The smallest absolute Gasteiger partial charge is 0.274 e. The number of benzene rings is 1. The minimum Gasteiger partial charge on any atom is -0.495 e. The number of ether oxygens (including phenoxy) is 1. The Balaban J connectivity index is 1.70. The van der Waals surface area contributed by atoms with Crippen molar-refractivity contribution in [2.45, 2.75) is 0 Å². The number of carbonyl (C=O) groups is 1. The van der Waals surface area contributed by atoms with Gasteiger partial charge in [0.2, 0.25) is 0 Å². The number of hydrogen-bond acceptors (Lipinski definition) is 6. The van der Waals surface area contributed by atoms with E-state index < -0.39 is 0 Å². The Kier molecular flexibility index (Phi) is 5.35. The normalized spacial score (nSPS) is 15.1. The highest BCUT2D eigenvalue weighted by Crippen LogP contribution is 2.29. The van der Waals surface area contributed by atoms with Crippen LogP contribution in [0.1, 0.15) is 10.5 Å². The summed E-state index contributed by atoms with van der Waals surface area (Å²) in [6, 6.07) is 8.65. The number of nitrogens with one attached hydrogen (secondary N) is 1. The highest BCUT2D eigenvalue weighted by atomic mass is 35.5. The van der Waals surface area contributed by atoms with Crippen LogP contribution in [0, 0.1) is 0 Å². The van der Waals surface area contributed by atoms with Gasteiger partial charge in [-0.3, -0.25) is 4.79 Å². The predicted octanol–water partition coefficient (Wildman–Crippen LogP) is 2.27. The molecule has 0 atom stereocenters. The standard InChI is InChI=1S/C17H20ClN5O2/c1-22-7-9-23(10-8-22)17(24)13-4-6-16(21-20-13)19-14-11-12(18)3-5-15(14)25-2/h3-6,11H,7-10H2,1-2H3,(H,19,21). The van der Waals surface area contributed by atoms with Gasteiger partial charge in [-0.15, -0.1) is 10.2 Å². The summed E-state index contributed by atoms with van der Waals surface area (Å²) in [4.78, 5) is 16.5. The maximum Gasteiger partial charge on any atom is 0.274 e. The second kappa shape index (κ2) is 7.67. The van der Waals surface area contributed by atoms with E-state index in [-0.39, 0.29) is 5.91 Å². The van der Waals surface area contributed by atoms with Gasteiger partial charge in [0.15, 0.2) is 11.5 Å². The number of amides is 1. The van der Waals surface area contributed by atoms with Gasteiger partial charge in [0, 0.05) is 31.2 Å². The summed E-state index contributed by atoms with van der Waals surface area (Å²) in [7, 11) is 3.63. The maximum absolute atomic E-state index is 12.5. The Morgan fingerprint density at radius 1 is 1.16 bits per heavy atom. The van der Waals surface area contributed by atoms with Crippen LogP contribution in [0.3, 0.4) is 0 Å². The van der Waals surface area contributed by atoms with Crippen LogP contribution in [0.2, 0.25) is 5.02 Å². The van der Waals surface area contributed by atoms with Crippen molar-refractivity contribution in [1.29, 1.82) is 0 Å². The number of nitrogens with zero attached hydrogens (tertiary/aromatic N) is 4. The van der Waals surface area contributed by atoms with Crippen LogP contribution in [-0.2, 0) is 0 Å². The van der Waals surface area contributed by atoms with Crippen molar-refractivity contribution in [1.82, 2.24) is 20.0 Å². The molecule has 1 fully saturated rings. The summed E-state index contributed by atoms with van der Waals surface area (Å²) in [5, 5.41) is 11.8. The van der Waals surface area contributed by atoms with E-state index in [1.54, 1.807) is 42.3 Å². The second-order valence-corrected chi connectivity index (χ2v) is 6.31. The average Bonchev–Trinajstić information content (AvgIpc) is 2.63. The molecule has 7 nitrogen and oxygen atoms in total. The first-order valence-corrected chi connectivity index (χ1v) is 8.37. The van der Waals surface area contributed by atoms with Crippen molar-refractivity contribution in [3.63, 3.8) is 0 Å². The fourth-order valence-corrected chi connectivity index (χ4v) is 2.77. The molecule has 132 valence electrons. The van der Waals surface area contributed by atoms with E-state index in [0.717, 1.165) is 13.1 Å². The Hall–Kier alpha value is -2.38. The maximum atomic E-state index is 12.5. The molecule has 0 aliphatic carbocycles. The molecule has 0 spiro atoms. The molecule has 1 amide bonds. The number of hydrogen-bond donors (Lipinski definition) is 1. The van der Waals surface area contributed by atoms with Crippen molar-refractivity contribution in [3.8, 4) is 5.75 Å². The third-order valence-corrected chi connectivity index (χ3v) is 4.33. The molecule has 1 aromatic carbocycles. The topological polar surface area (TPSA) is 70.6 Å². The number of halogens is 1. The predicted molar refractivity (Wildman–Crippen MR) is 96.7 cm³/mol. The molecule has 0 radical (unpaired) electrons. The summed E-state index contributed by atoms with van der Waals surface area (Å²) < 4.78 is 5.29. The van der Waals surface area contributed by atoms with Crippen molar-refractivity contribution >= 4 is 29.0 Å². The van der Waals surface area contributed by atoms with Gasteiger partial charge in [-0.1, -0.05) is 11.6 Å². The third kappa shape index (κ3) is 4.18. The molecule has 1 aliphatic heterocycles. The molecule has 1 aromatic heterocycles. The zero-order valence-corrected chi connectivity index (χ0v) is 15.0. The van der Waals surface area contributed by atoms with Crippen LogP contribution in [0.25, 0.3) is 0 Å². The molecular formula is C17H20ClN5O2. The van der Waals surface area contributed by atoms with Crippen molar-refractivity contribution in [3.05, 3.63) is 41.0 Å². The zero-order chi connectivity index (χ0) is 17.8. The minimum absolute atomic E-state index is 0.0903. The first-order valence-electron chi connectivity index (χ1n) is 7.99. The lowest BCUT2D eigenvalue weighted by atomic mass is 10.2. The Labute approximate surface area is 151 Å². The number of piperazine rings is 1. The number of methoxy groups -OCH3 is 1. The number of carbonyl (C=O) groups excluding carboxylic acids is 1. The molecule has 0 bridgehead atoms. The molecule has 8 heteroatoms. The Bertz CT molecular complexity index is 745. The molecule has 1 saturated heterocycles. The third-order valence-electron chi connectivity index (χ3n) is 4.10. The van der Waals surface area contributed by atoms with Gasteiger partial charge in [0.1, 0.15) is 5.75 Å². The van der Waals surface area contributed by atoms with Crippen molar-refractivity contribution in [2.75, 3.05) is 45.7 Å². The van der Waals surface area contributed by atoms with E-state index in [1.807, 2.05) is 7.05 Å². The number of aromatic nitrogens is 2. The molecule has 25 heavy (non-hydrogen) atoms. The summed E-state index contributed by atoms with van der Waals surface area (Å²) in [5.74, 6) is 1.06. The summed E-state index contributed by atoms with van der Waals surface area (Å²) in [6.45, 7) is 3.15. The molecule has 0 saturated carbocycles. The lowest BCUT2D eigenvalue weighted by Crippen LogP contribution is -2.47. The molecular weight excluding hydrogens is 342 g/mol. The lowest BCUT2D eigenvalue weighted by Gasteiger charge is -2.32. The van der Waals surface area contributed by atoms with Crippen molar-refractivity contribution in [2.24, 2.45) is 0 Å². The molecule has 2 aromatic rings. The number of rotatable bonds is 4. The van der Waals surface area contributed by atoms with E-state index in [1.165, 1.54) is 0 Å². The fourth-order valence-electron chi connectivity index (χ4n) is 2.60. The van der Waals surface area contributed by atoms with Crippen LogP contribution in [0.4, 0.5) is 11.5 Å². The lowest BCUT2D eigenvalue weighted by molar-refractivity contribution is 0.0657. The van der Waals surface area contributed by atoms with E-state index in [2.05, 4.69) is 20.4 Å². The van der Waals surface area contributed by atoms with Gasteiger partial charge < -0.3 is 19.9 Å². The monoisotopic (exact) mass is 361 g/mol. The molecule has 2 heterocycles. The minimum atomic E-state index is -0.0903. The highest BCUT2D eigenvalue weighted by Gasteiger charge is 2.21. The van der Waals surface area contributed by atoms with Gasteiger partial charge in [-0.25, -0.2) is 0 Å². The number of anilines is 2. The Morgan fingerprint density at radius 2 is 1.92 bits per heavy atom. The molecule has 1 N–H and O–H groups in total. The largest absolute Gasteiger partial charge is 0.495 e. The molecule has 3 rings (SSSR count).